The summed E-state index contributed by atoms with van der Waals surface area (Å²) in [5, 5.41) is 5.56. The van der Waals surface area contributed by atoms with Crippen LogP contribution in [0.5, 0.6) is 0 Å². The minimum absolute atomic E-state index is 0.165. The third kappa shape index (κ3) is 2.44. The van der Waals surface area contributed by atoms with Crippen LogP contribution in [0, 0.1) is 0 Å². The molecule has 1 aromatic heterocycles. The molecule has 1 fully saturated rings. The number of rotatable bonds is 2. The SMILES string of the molecule is CC(C)(c1cc(Br)cs1)N1CCNCC1. The van der Waals surface area contributed by atoms with Crippen molar-refractivity contribution in [3.63, 3.8) is 0 Å². The molecule has 1 saturated heterocycles. The molecule has 15 heavy (non-hydrogen) atoms. The zero-order chi connectivity index (χ0) is 10.9. The van der Waals surface area contributed by atoms with Crippen LogP contribution in [0.1, 0.15) is 18.7 Å². The first-order valence-corrected chi connectivity index (χ1v) is 6.98. The molecule has 0 saturated carbocycles. The van der Waals surface area contributed by atoms with Gasteiger partial charge < -0.3 is 5.32 Å². The topological polar surface area (TPSA) is 15.3 Å². The summed E-state index contributed by atoms with van der Waals surface area (Å²) in [5.41, 5.74) is 0.165. The highest BCUT2D eigenvalue weighted by Gasteiger charge is 2.30. The molecule has 0 atom stereocenters. The van der Waals surface area contributed by atoms with Gasteiger partial charge in [-0.25, -0.2) is 0 Å². The Bertz CT molecular complexity index is 329. The lowest BCUT2D eigenvalue weighted by Crippen LogP contribution is -2.51. The lowest BCUT2D eigenvalue weighted by atomic mass is 9.99. The molecule has 1 aliphatic rings. The van der Waals surface area contributed by atoms with Gasteiger partial charge in [0, 0.05) is 46.4 Å². The molecule has 0 aliphatic carbocycles. The first-order valence-electron chi connectivity index (χ1n) is 5.31. The molecule has 0 amide bonds. The number of thiophene rings is 1. The van der Waals surface area contributed by atoms with E-state index in [0.29, 0.717) is 0 Å². The van der Waals surface area contributed by atoms with Crippen LogP contribution >= 0.6 is 27.3 Å². The molecular formula is C11H17BrN2S. The maximum Gasteiger partial charge on any atom is 0.0498 e. The van der Waals surface area contributed by atoms with Crippen LogP contribution in [0.3, 0.4) is 0 Å². The van der Waals surface area contributed by atoms with E-state index in [1.807, 2.05) is 11.3 Å². The van der Waals surface area contributed by atoms with Crippen molar-refractivity contribution in [2.75, 3.05) is 26.2 Å². The van der Waals surface area contributed by atoms with Gasteiger partial charge in [-0.1, -0.05) is 0 Å². The van der Waals surface area contributed by atoms with Crippen molar-refractivity contribution in [1.82, 2.24) is 10.2 Å². The van der Waals surface area contributed by atoms with E-state index in [1.165, 1.54) is 9.35 Å². The van der Waals surface area contributed by atoms with E-state index in [-0.39, 0.29) is 5.54 Å². The van der Waals surface area contributed by atoms with Crippen molar-refractivity contribution >= 4 is 27.3 Å². The number of piperazine rings is 1. The van der Waals surface area contributed by atoms with Crippen LogP contribution in [0.2, 0.25) is 0 Å². The fraction of sp³-hybridized carbons (Fsp3) is 0.636. The molecule has 2 heterocycles. The molecule has 0 unspecified atom stereocenters. The van der Waals surface area contributed by atoms with E-state index in [4.69, 9.17) is 0 Å². The van der Waals surface area contributed by atoms with Crippen molar-refractivity contribution in [2.24, 2.45) is 0 Å². The molecule has 0 spiro atoms. The molecule has 2 rings (SSSR count). The Morgan fingerprint density at radius 3 is 2.60 bits per heavy atom. The van der Waals surface area contributed by atoms with E-state index in [1.54, 1.807) is 0 Å². The Morgan fingerprint density at radius 2 is 2.07 bits per heavy atom. The van der Waals surface area contributed by atoms with Crippen LogP contribution in [0.15, 0.2) is 15.9 Å². The average molecular weight is 289 g/mol. The van der Waals surface area contributed by atoms with Gasteiger partial charge in [0.05, 0.1) is 0 Å². The number of nitrogens with zero attached hydrogens (tertiary/aromatic N) is 1. The normalized spacial score (nSPS) is 19.4. The minimum Gasteiger partial charge on any atom is -0.314 e. The number of hydrogen-bond acceptors (Lipinski definition) is 3. The van der Waals surface area contributed by atoms with Crippen molar-refractivity contribution in [3.8, 4) is 0 Å². The second-order valence-electron chi connectivity index (χ2n) is 4.43. The first-order chi connectivity index (χ1) is 7.10. The van der Waals surface area contributed by atoms with Gasteiger partial charge >= 0.3 is 0 Å². The van der Waals surface area contributed by atoms with E-state index < -0.39 is 0 Å². The second-order valence-corrected chi connectivity index (χ2v) is 6.25. The molecule has 2 nitrogen and oxygen atoms in total. The van der Waals surface area contributed by atoms with Crippen molar-refractivity contribution < 1.29 is 0 Å². The van der Waals surface area contributed by atoms with Gasteiger partial charge in [-0.3, -0.25) is 4.90 Å². The van der Waals surface area contributed by atoms with Crippen molar-refractivity contribution in [2.45, 2.75) is 19.4 Å². The molecule has 1 aromatic rings. The highest BCUT2D eigenvalue weighted by molar-refractivity contribution is 9.10. The van der Waals surface area contributed by atoms with Crippen LogP contribution in [0.4, 0.5) is 0 Å². The van der Waals surface area contributed by atoms with E-state index in [9.17, 15) is 0 Å². The average Bonchev–Trinajstić information content (AvgIpc) is 2.67. The highest BCUT2D eigenvalue weighted by atomic mass is 79.9. The zero-order valence-corrected chi connectivity index (χ0v) is 11.6. The molecule has 0 bridgehead atoms. The minimum atomic E-state index is 0.165. The first kappa shape index (κ1) is 11.6. The van der Waals surface area contributed by atoms with Gasteiger partial charge in [-0.15, -0.1) is 11.3 Å². The lowest BCUT2D eigenvalue weighted by molar-refractivity contribution is 0.105. The van der Waals surface area contributed by atoms with Crippen LogP contribution in [-0.4, -0.2) is 31.1 Å². The van der Waals surface area contributed by atoms with Crippen LogP contribution < -0.4 is 5.32 Å². The highest BCUT2D eigenvalue weighted by Crippen LogP contribution is 2.34. The quantitative estimate of drug-likeness (QED) is 0.900. The Balaban J connectivity index is 2.17. The van der Waals surface area contributed by atoms with Gasteiger partial charge in [0.15, 0.2) is 0 Å². The summed E-state index contributed by atoms with van der Waals surface area (Å²) in [4.78, 5) is 4.00. The van der Waals surface area contributed by atoms with Gasteiger partial charge in [-0.05, 0) is 35.8 Å². The third-order valence-electron chi connectivity index (χ3n) is 3.08. The van der Waals surface area contributed by atoms with Crippen LogP contribution in [0.25, 0.3) is 0 Å². The van der Waals surface area contributed by atoms with E-state index in [0.717, 1.165) is 26.2 Å². The molecule has 1 N–H and O–H groups in total. The van der Waals surface area contributed by atoms with Crippen molar-refractivity contribution in [3.05, 3.63) is 20.8 Å². The van der Waals surface area contributed by atoms with Crippen LogP contribution in [-0.2, 0) is 5.54 Å². The summed E-state index contributed by atoms with van der Waals surface area (Å²) < 4.78 is 1.20. The Kier molecular flexibility index (Phi) is 3.50. The summed E-state index contributed by atoms with van der Waals surface area (Å²) in [5.74, 6) is 0. The lowest BCUT2D eigenvalue weighted by Gasteiger charge is -2.40. The Hall–Kier alpha value is 0.1000. The fourth-order valence-electron chi connectivity index (χ4n) is 2.01. The molecule has 84 valence electrons. The molecule has 4 heteroatoms. The molecule has 0 radical (unpaired) electrons. The predicted molar refractivity (Wildman–Crippen MR) is 69.5 cm³/mol. The predicted octanol–water partition coefficient (Wildman–Crippen LogP) is 2.65. The number of halogens is 1. The standard InChI is InChI=1S/C11H17BrN2S/c1-11(2,10-7-9(12)8-15-10)14-5-3-13-4-6-14/h7-8,13H,3-6H2,1-2H3. The number of hydrogen-bond donors (Lipinski definition) is 1. The Morgan fingerprint density at radius 1 is 1.40 bits per heavy atom. The monoisotopic (exact) mass is 288 g/mol. The van der Waals surface area contributed by atoms with Gasteiger partial charge in [0.25, 0.3) is 0 Å². The largest absolute Gasteiger partial charge is 0.314 e. The van der Waals surface area contributed by atoms with E-state index in [2.05, 4.69) is 51.4 Å². The molecular weight excluding hydrogens is 272 g/mol. The summed E-state index contributed by atoms with van der Waals surface area (Å²) in [7, 11) is 0. The Labute approximate surface area is 104 Å². The summed E-state index contributed by atoms with van der Waals surface area (Å²) in [6.07, 6.45) is 0. The van der Waals surface area contributed by atoms with Gasteiger partial charge in [0.2, 0.25) is 0 Å². The van der Waals surface area contributed by atoms with Gasteiger partial charge in [0.1, 0.15) is 0 Å². The van der Waals surface area contributed by atoms with Gasteiger partial charge in [-0.2, -0.15) is 0 Å². The second kappa shape index (κ2) is 4.53. The molecule has 0 aromatic carbocycles. The number of nitrogens with one attached hydrogen (secondary N) is 1. The summed E-state index contributed by atoms with van der Waals surface area (Å²) >= 11 is 5.37. The van der Waals surface area contributed by atoms with E-state index >= 15 is 0 Å². The van der Waals surface area contributed by atoms with Crippen molar-refractivity contribution in [1.29, 1.82) is 0 Å². The summed E-state index contributed by atoms with van der Waals surface area (Å²) in [6, 6.07) is 2.24. The maximum atomic E-state index is 3.53. The fourth-order valence-corrected chi connectivity index (χ4v) is 3.59. The maximum absolute atomic E-state index is 3.53. The third-order valence-corrected chi connectivity index (χ3v) is 5.08. The summed E-state index contributed by atoms with van der Waals surface area (Å²) in [6.45, 7) is 9.13. The zero-order valence-electron chi connectivity index (χ0n) is 9.22. The molecule has 1 aliphatic heterocycles. The smallest absolute Gasteiger partial charge is 0.0498 e.